The van der Waals surface area contributed by atoms with Gasteiger partial charge in [0.2, 0.25) is 0 Å². The molecule has 0 amide bonds. The van der Waals surface area contributed by atoms with Gasteiger partial charge in [-0.3, -0.25) is 0 Å². The van der Waals surface area contributed by atoms with Crippen LogP contribution in [0.25, 0.3) is 0 Å². The number of halogens is 1. The van der Waals surface area contributed by atoms with Gasteiger partial charge in [-0.2, -0.15) is 0 Å². The monoisotopic (exact) mass is 267 g/mol. The van der Waals surface area contributed by atoms with E-state index in [4.69, 9.17) is 11.6 Å². The lowest BCUT2D eigenvalue weighted by atomic mass is 9.83. The molecule has 0 bridgehead atoms. The first-order valence-electron chi connectivity index (χ1n) is 6.89. The highest BCUT2D eigenvalue weighted by Gasteiger charge is 2.24. The Bertz CT molecular complexity index is 420. The molecule has 1 aliphatic rings. The van der Waals surface area contributed by atoms with E-state index in [1.807, 2.05) is 13.8 Å². The van der Waals surface area contributed by atoms with Crippen LogP contribution in [0.2, 0.25) is 5.15 Å². The van der Waals surface area contributed by atoms with E-state index < -0.39 is 0 Å². The van der Waals surface area contributed by atoms with E-state index in [1.54, 1.807) is 0 Å². The zero-order chi connectivity index (χ0) is 13.1. The SMILES string of the molecule is CCC1CCCCC1Nc1nc(C)nc(Cl)c1C. The van der Waals surface area contributed by atoms with Crippen LogP contribution in [-0.4, -0.2) is 16.0 Å². The van der Waals surface area contributed by atoms with Gasteiger partial charge in [0.1, 0.15) is 16.8 Å². The van der Waals surface area contributed by atoms with Crippen molar-refractivity contribution in [3.05, 3.63) is 16.5 Å². The van der Waals surface area contributed by atoms with E-state index in [9.17, 15) is 0 Å². The Hall–Kier alpha value is -0.830. The van der Waals surface area contributed by atoms with Crippen molar-refractivity contribution in [1.29, 1.82) is 0 Å². The first-order valence-corrected chi connectivity index (χ1v) is 7.27. The predicted molar refractivity (Wildman–Crippen MR) is 76.2 cm³/mol. The lowest BCUT2D eigenvalue weighted by Gasteiger charge is -2.32. The summed E-state index contributed by atoms with van der Waals surface area (Å²) in [4.78, 5) is 8.67. The van der Waals surface area contributed by atoms with Gasteiger partial charge in [0.05, 0.1) is 0 Å². The second-order valence-electron chi connectivity index (χ2n) is 5.24. The molecule has 0 spiro atoms. The Morgan fingerprint density at radius 3 is 2.67 bits per heavy atom. The first kappa shape index (κ1) is 13.6. The number of hydrogen-bond donors (Lipinski definition) is 1. The topological polar surface area (TPSA) is 37.8 Å². The molecule has 2 atom stereocenters. The molecule has 18 heavy (non-hydrogen) atoms. The summed E-state index contributed by atoms with van der Waals surface area (Å²) in [5, 5.41) is 4.16. The van der Waals surface area contributed by atoms with Crippen LogP contribution in [0.15, 0.2) is 0 Å². The summed E-state index contributed by atoms with van der Waals surface area (Å²) < 4.78 is 0. The van der Waals surface area contributed by atoms with Crippen LogP contribution in [0.5, 0.6) is 0 Å². The normalized spacial score (nSPS) is 24.0. The van der Waals surface area contributed by atoms with Crippen molar-refractivity contribution in [2.75, 3.05) is 5.32 Å². The molecule has 0 aliphatic heterocycles. The number of nitrogens with zero attached hydrogens (tertiary/aromatic N) is 2. The third kappa shape index (κ3) is 2.94. The van der Waals surface area contributed by atoms with Crippen molar-refractivity contribution in [3.8, 4) is 0 Å². The van der Waals surface area contributed by atoms with Crippen molar-refractivity contribution in [2.24, 2.45) is 5.92 Å². The van der Waals surface area contributed by atoms with Gasteiger partial charge in [-0.05, 0) is 32.6 Å². The fourth-order valence-corrected chi connectivity index (χ4v) is 3.01. The molecule has 3 nitrogen and oxygen atoms in total. The number of nitrogens with one attached hydrogen (secondary N) is 1. The molecule has 100 valence electrons. The molecular weight excluding hydrogens is 246 g/mol. The van der Waals surface area contributed by atoms with Gasteiger partial charge in [-0.25, -0.2) is 9.97 Å². The van der Waals surface area contributed by atoms with Crippen LogP contribution in [0.1, 0.15) is 50.4 Å². The predicted octanol–water partition coefficient (Wildman–Crippen LogP) is 4.13. The van der Waals surface area contributed by atoms with Gasteiger partial charge in [0.15, 0.2) is 0 Å². The van der Waals surface area contributed by atoms with Crippen molar-refractivity contribution in [3.63, 3.8) is 0 Å². The molecule has 1 N–H and O–H groups in total. The van der Waals surface area contributed by atoms with Crippen LogP contribution < -0.4 is 5.32 Å². The van der Waals surface area contributed by atoms with Crippen molar-refractivity contribution in [2.45, 2.75) is 58.9 Å². The maximum atomic E-state index is 6.12. The van der Waals surface area contributed by atoms with Gasteiger partial charge in [-0.15, -0.1) is 0 Å². The Kier molecular flexibility index (Phi) is 4.44. The highest BCUT2D eigenvalue weighted by molar-refractivity contribution is 6.30. The quantitative estimate of drug-likeness (QED) is 0.837. The molecule has 1 saturated carbocycles. The molecule has 0 saturated heterocycles. The third-order valence-electron chi connectivity index (χ3n) is 3.95. The van der Waals surface area contributed by atoms with Crippen LogP contribution in [0.4, 0.5) is 5.82 Å². The lowest BCUT2D eigenvalue weighted by Crippen LogP contribution is -2.32. The zero-order valence-corrected chi connectivity index (χ0v) is 12.2. The summed E-state index contributed by atoms with van der Waals surface area (Å²) in [6.45, 7) is 6.14. The zero-order valence-electron chi connectivity index (χ0n) is 11.5. The number of aryl methyl sites for hydroxylation is 1. The van der Waals surface area contributed by atoms with Crippen LogP contribution >= 0.6 is 11.6 Å². The summed E-state index contributed by atoms with van der Waals surface area (Å²) in [5.41, 5.74) is 0.961. The average molecular weight is 268 g/mol. The number of aromatic nitrogens is 2. The van der Waals surface area contributed by atoms with E-state index in [2.05, 4.69) is 22.2 Å². The van der Waals surface area contributed by atoms with E-state index in [1.165, 1.54) is 32.1 Å². The Morgan fingerprint density at radius 2 is 1.94 bits per heavy atom. The fourth-order valence-electron chi connectivity index (χ4n) is 2.80. The Balaban J connectivity index is 2.17. The van der Waals surface area contributed by atoms with E-state index in [-0.39, 0.29) is 0 Å². The van der Waals surface area contributed by atoms with E-state index in [0.717, 1.165) is 23.1 Å². The summed E-state index contributed by atoms with van der Waals surface area (Å²) >= 11 is 6.12. The van der Waals surface area contributed by atoms with Gasteiger partial charge in [0, 0.05) is 11.6 Å². The molecule has 1 fully saturated rings. The summed E-state index contributed by atoms with van der Waals surface area (Å²) in [6.07, 6.45) is 6.46. The standard InChI is InChI=1S/C14H22ClN3/c1-4-11-7-5-6-8-12(11)18-14-9(2)13(15)16-10(3)17-14/h11-12H,4-8H2,1-3H3,(H,16,17,18). The van der Waals surface area contributed by atoms with Gasteiger partial charge in [-0.1, -0.05) is 37.8 Å². The van der Waals surface area contributed by atoms with Gasteiger partial charge >= 0.3 is 0 Å². The molecule has 0 aromatic carbocycles. The molecule has 2 unspecified atom stereocenters. The third-order valence-corrected chi connectivity index (χ3v) is 4.32. The molecule has 4 heteroatoms. The molecule has 0 radical (unpaired) electrons. The summed E-state index contributed by atoms with van der Waals surface area (Å²) in [6, 6.07) is 0.535. The van der Waals surface area contributed by atoms with Gasteiger partial charge < -0.3 is 5.32 Å². The second kappa shape index (κ2) is 5.87. The molecule has 1 aromatic rings. The number of rotatable bonds is 3. The maximum Gasteiger partial charge on any atom is 0.137 e. The largest absolute Gasteiger partial charge is 0.367 e. The second-order valence-corrected chi connectivity index (χ2v) is 5.60. The van der Waals surface area contributed by atoms with Crippen LogP contribution in [0.3, 0.4) is 0 Å². The first-order chi connectivity index (χ1) is 8.61. The molecule has 1 aromatic heterocycles. The number of anilines is 1. The maximum absolute atomic E-state index is 6.12. The fraction of sp³-hybridized carbons (Fsp3) is 0.714. The van der Waals surface area contributed by atoms with E-state index in [0.29, 0.717) is 11.2 Å². The highest BCUT2D eigenvalue weighted by atomic mass is 35.5. The smallest absolute Gasteiger partial charge is 0.137 e. The van der Waals surface area contributed by atoms with Crippen molar-refractivity contribution < 1.29 is 0 Å². The average Bonchev–Trinajstić information content (AvgIpc) is 2.36. The molecule has 1 aliphatic carbocycles. The molecule has 1 heterocycles. The van der Waals surface area contributed by atoms with Crippen LogP contribution in [-0.2, 0) is 0 Å². The van der Waals surface area contributed by atoms with Crippen molar-refractivity contribution in [1.82, 2.24) is 9.97 Å². The summed E-state index contributed by atoms with van der Waals surface area (Å²) in [7, 11) is 0. The minimum Gasteiger partial charge on any atom is -0.367 e. The molecule has 2 rings (SSSR count). The van der Waals surface area contributed by atoms with E-state index >= 15 is 0 Å². The van der Waals surface area contributed by atoms with Gasteiger partial charge in [0.25, 0.3) is 0 Å². The Labute approximate surface area is 114 Å². The van der Waals surface area contributed by atoms with Crippen molar-refractivity contribution >= 4 is 17.4 Å². The minimum absolute atomic E-state index is 0.535. The van der Waals surface area contributed by atoms with Crippen LogP contribution in [0, 0.1) is 19.8 Å². The number of hydrogen-bond acceptors (Lipinski definition) is 3. The minimum atomic E-state index is 0.535. The Morgan fingerprint density at radius 1 is 1.22 bits per heavy atom. The summed E-state index contributed by atoms with van der Waals surface area (Å²) in [5.74, 6) is 2.40. The highest BCUT2D eigenvalue weighted by Crippen LogP contribution is 2.30. The molecular formula is C14H22ClN3. The lowest BCUT2D eigenvalue weighted by molar-refractivity contribution is 0.316.